The van der Waals surface area contributed by atoms with E-state index in [1.165, 1.54) is 0 Å². The average molecular weight is 241 g/mol. The maximum absolute atomic E-state index is 11.8. The van der Waals surface area contributed by atoms with Crippen LogP contribution in [0.1, 0.15) is 40.0 Å². The summed E-state index contributed by atoms with van der Waals surface area (Å²) in [5.41, 5.74) is 0. The molecule has 2 amide bonds. The van der Waals surface area contributed by atoms with Crippen molar-refractivity contribution in [2.75, 3.05) is 32.7 Å². The van der Waals surface area contributed by atoms with Gasteiger partial charge in [0.25, 0.3) is 0 Å². The number of hydrogen-bond acceptors (Lipinski definition) is 2. The number of hydrogen-bond donors (Lipinski definition) is 1. The molecule has 1 rings (SSSR count). The number of nitrogens with zero attached hydrogens (tertiary/aromatic N) is 2. The standard InChI is InChI=1S/C13H27N3O/c1-4-15(5-2)10-7-11-16(6-3)13(17)14-12-8-9-12/h12H,4-11H2,1-3H3,(H,14,17). The van der Waals surface area contributed by atoms with Crippen LogP contribution in [0.2, 0.25) is 0 Å². The highest BCUT2D eigenvalue weighted by Gasteiger charge is 2.25. The monoisotopic (exact) mass is 241 g/mol. The number of carbonyl (C=O) groups is 1. The van der Waals surface area contributed by atoms with E-state index in [9.17, 15) is 4.79 Å². The van der Waals surface area contributed by atoms with E-state index in [1.54, 1.807) is 0 Å². The first-order valence-electron chi connectivity index (χ1n) is 6.99. The Hall–Kier alpha value is -0.770. The Bertz CT molecular complexity index is 225. The fraction of sp³-hybridized carbons (Fsp3) is 0.923. The average Bonchev–Trinajstić information content (AvgIpc) is 3.13. The van der Waals surface area contributed by atoms with Crippen molar-refractivity contribution >= 4 is 6.03 Å². The number of rotatable bonds is 8. The topological polar surface area (TPSA) is 35.6 Å². The summed E-state index contributed by atoms with van der Waals surface area (Å²) in [7, 11) is 0. The van der Waals surface area contributed by atoms with E-state index in [2.05, 4.69) is 24.1 Å². The van der Waals surface area contributed by atoms with E-state index in [1.807, 2.05) is 11.8 Å². The normalized spacial score (nSPS) is 15.1. The van der Waals surface area contributed by atoms with Crippen LogP contribution in [0.5, 0.6) is 0 Å². The van der Waals surface area contributed by atoms with Gasteiger partial charge >= 0.3 is 6.03 Å². The van der Waals surface area contributed by atoms with Crippen LogP contribution >= 0.6 is 0 Å². The first-order chi connectivity index (χ1) is 8.21. The molecule has 1 aliphatic rings. The molecule has 1 aliphatic carbocycles. The lowest BCUT2D eigenvalue weighted by molar-refractivity contribution is 0.195. The van der Waals surface area contributed by atoms with E-state index in [0.717, 1.165) is 52.0 Å². The minimum absolute atomic E-state index is 0.120. The van der Waals surface area contributed by atoms with Crippen molar-refractivity contribution in [2.24, 2.45) is 0 Å². The molecule has 4 heteroatoms. The smallest absolute Gasteiger partial charge is 0.317 e. The van der Waals surface area contributed by atoms with Crippen LogP contribution in [-0.4, -0.2) is 54.6 Å². The summed E-state index contributed by atoms with van der Waals surface area (Å²) >= 11 is 0. The summed E-state index contributed by atoms with van der Waals surface area (Å²) in [5.74, 6) is 0. The van der Waals surface area contributed by atoms with Gasteiger partial charge in [0.15, 0.2) is 0 Å². The first kappa shape index (κ1) is 14.3. The van der Waals surface area contributed by atoms with Crippen LogP contribution in [0.4, 0.5) is 4.79 Å². The summed E-state index contributed by atoms with van der Waals surface area (Å²) in [5, 5.41) is 3.04. The molecule has 100 valence electrons. The molecule has 0 unspecified atom stereocenters. The van der Waals surface area contributed by atoms with Gasteiger partial charge in [0, 0.05) is 19.1 Å². The third-order valence-electron chi connectivity index (χ3n) is 3.37. The van der Waals surface area contributed by atoms with E-state index >= 15 is 0 Å². The van der Waals surface area contributed by atoms with Crippen LogP contribution in [-0.2, 0) is 0 Å². The Kier molecular flexibility index (Phi) is 6.34. The van der Waals surface area contributed by atoms with E-state index in [4.69, 9.17) is 0 Å². The number of carbonyl (C=O) groups excluding carboxylic acids is 1. The highest BCUT2D eigenvalue weighted by atomic mass is 16.2. The van der Waals surface area contributed by atoms with Gasteiger partial charge in [-0.3, -0.25) is 0 Å². The Balaban J connectivity index is 2.18. The summed E-state index contributed by atoms with van der Waals surface area (Å²) < 4.78 is 0. The molecule has 0 aromatic carbocycles. The van der Waals surface area contributed by atoms with Gasteiger partial charge in [-0.25, -0.2) is 4.79 Å². The summed E-state index contributed by atoms with van der Waals surface area (Å²) in [6, 6.07) is 0.578. The van der Waals surface area contributed by atoms with Crippen molar-refractivity contribution in [3.05, 3.63) is 0 Å². The van der Waals surface area contributed by atoms with Gasteiger partial charge in [-0.1, -0.05) is 13.8 Å². The van der Waals surface area contributed by atoms with E-state index in [0.29, 0.717) is 6.04 Å². The van der Waals surface area contributed by atoms with Crippen molar-refractivity contribution in [1.82, 2.24) is 15.1 Å². The largest absolute Gasteiger partial charge is 0.335 e. The summed E-state index contributed by atoms with van der Waals surface area (Å²) in [4.78, 5) is 16.2. The minimum Gasteiger partial charge on any atom is -0.335 e. The SMILES string of the molecule is CCN(CC)CCCN(CC)C(=O)NC1CC1. The molecule has 0 aliphatic heterocycles. The van der Waals surface area contributed by atoms with Crippen molar-refractivity contribution in [1.29, 1.82) is 0 Å². The van der Waals surface area contributed by atoms with Gasteiger partial charge in [0.2, 0.25) is 0 Å². The summed E-state index contributed by atoms with van der Waals surface area (Å²) in [6.07, 6.45) is 3.37. The van der Waals surface area contributed by atoms with Crippen molar-refractivity contribution in [3.8, 4) is 0 Å². The number of nitrogens with one attached hydrogen (secondary N) is 1. The molecule has 0 heterocycles. The van der Waals surface area contributed by atoms with Gasteiger partial charge < -0.3 is 15.1 Å². The lowest BCUT2D eigenvalue weighted by Gasteiger charge is -2.23. The molecule has 4 nitrogen and oxygen atoms in total. The lowest BCUT2D eigenvalue weighted by Crippen LogP contribution is -2.42. The third kappa shape index (κ3) is 5.39. The highest BCUT2D eigenvalue weighted by molar-refractivity contribution is 5.74. The quantitative estimate of drug-likeness (QED) is 0.704. The molecule has 1 fully saturated rings. The van der Waals surface area contributed by atoms with Crippen LogP contribution < -0.4 is 5.32 Å². The van der Waals surface area contributed by atoms with Crippen molar-refractivity contribution in [2.45, 2.75) is 46.1 Å². The van der Waals surface area contributed by atoms with Gasteiger partial charge in [-0.2, -0.15) is 0 Å². The first-order valence-corrected chi connectivity index (χ1v) is 6.99. The molecule has 0 atom stereocenters. The van der Waals surface area contributed by atoms with Gasteiger partial charge in [-0.15, -0.1) is 0 Å². The molecular weight excluding hydrogens is 214 g/mol. The van der Waals surface area contributed by atoms with E-state index < -0.39 is 0 Å². The molecule has 0 bridgehead atoms. The zero-order valence-corrected chi connectivity index (χ0v) is 11.5. The molecule has 0 spiro atoms. The summed E-state index contributed by atoms with van der Waals surface area (Å²) in [6.45, 7) is 11.3. The second-order valence-electron chi connectivity index (χ2n) is 4.68. The van der Waals surface area contributed by atoms with E-state index in [-0.39, 0.29) is 6.03 Å². The second kappa shape index (κ2) is 7.54. The predicted molar refractivity (Wildman–Crippen MR) is 71.2 cm³/mol. The Labute approximate surface area is 105 Å². The van der Waals surface area contributed by atoms with Crippen LogP contribution in [0, 0.1) is 0 Å². The van der Waals surface area contributed by atoms with Gasteiger partial charge in [0.1, 0.15) is 0 Å². The minimum atomic E-state index is 0.120. The molecule has 17 heavy (non-hydrogen) atoms. The molecule has 0 aromatic rings. The fourth-order valence-electron chi connectivity index (χ4n) is 1.92. The Morgan fingerprint density at radius 2 is 1.76 bits per heavy atom. The van der Waals surface area contributed by atoms with Crippen LogP contribution in [0.3, 0.4) is 0 Å². The maximum atomic E-state index is 11.8. The molecule has 1 N–H and O–H groups in total. The third-order valence-corrected chi connectivity index (χ3v) is 3.37. The van der Waals surface area contributed by atoms with Crippen molar-refractivity contribution in [3.63, 3.8) is 0 Å². The molecular formula is C13H27N3O. The second-order valence-corrected chi connectivity index (χ2v) is 4.68. The molecule has 0 aromatic heterocycles. The number of urea groups is 1. The van der Waals surface area contributed by atoms with Gasteiger partial charge in [-0.05, 0) is 45.8 Å². The molecule has 0 radical (unpaired) electrons. The predicted octanol–water partition coefficient (Wildman–Crippen LogP) is 1.91. The Morgan fingerprint density at radius 1 is 1.12 bits per heavy atom. The van der Waals surface area contributed by atoms with Crippen LogP contribution in [0.15, 0.2) is 0 Å². The maximum Gasteiger partial charge on any atom is 0.317 e. The molecule has 0 saturated heterocycles. The molecule has 1 saturated carbocycles. The lowest BCUT2D eigenvalue weighted by atomic mass is 10.3. The zero-order valence-electron chi connectivity index (χ0n) is 11.5. The van der Waals surface area contributed by atoms with Crippen molar-refractivity contribution < 1.29 is 4.79 Å². The zero-order chi connectivity index (χ0) is 12.7. The fourth-order valence-corrected chi connectivity index (χ4v) is 1.92. The van der Waals surface area contributed by atoms with Crippen LogP contribution in [0.25, 0.3) is 0 Å². The number of amides is 2. The highest BCUT2D eigenvalue weighted by Crippen LogP contribution is 2.18. The Morgan fingerprint density at radius 3 is 2.24 bits per heavy atom. The van der Waals surface area contributed by atoms with Gasteiger partial charge in [0.05, 0.1) is 0 Å².